The van der Waals surface area contributed by atoms with Gasteiger partial charge < -0.3 is 9.94 Å². The predicted molar refractivity (Wildman–Crippen MR) is 91.8 cm³/mol. The Kier molecular flexibility index (Phi) is 4.94. The highest BCUT2D eigenvalue weighted by molar-refractivity contribution is 6.76. The van der Waals surface area contributed by atoms with Crippen LogP contribution in [0.15, 0.2) is 29.6 Å². The number of nitro groups is 1. The largest absolute Gasteiger partial charge is 0.505 e. The molecule has 0 unspecified atom stereocenters. The second-order valence-corrected chi connectivity index (χ2v) is 12.0. The second-order valence-electron chi connectivity index (χ2n) is 6.37. The van der Waals surface area contributed by atoms with Gasteiger partial charge in [-0.05, 0) is 18.2 Å². The van der Waals surface area contributed by atoms with E-state index in [4.69, 9.17) is 4.84 Å². The number of rotatable bonds is 6. The van der Waals surface area contributed by atoms with Crippen LogP contribution in [0.3, 0.4) is 0 Å². The van der Waals surface area contributed by atoms with Gasteiger partial charge in [-0.15, -0.1) is 0 Å². The van der Waals surface area contributed by atoms with Crippen LogP contribution < -0.4 is 0 Å². The lowest BCUT2D eigenvalue weighted by atomic mass is 10.1. The number of phenols is 1. The average Bonchev–Trinajstić information content (AvgIpc) is 2.47. The van der Waals surface area contributed by atoms with Crippen LogP contribution in [0.1, 0.15) is 5.56 Å². The maximum absolute atomic E-state index is 11.2. The van der Waals surface area contributed by atoms with Crippen molar-refractivity contribution in [2.24, 2.45) is 5.16 Å². The Morgan fingerprint density at radius 1 is 1.48 bits per heavy atom. The molecule has 1 heterocycles. The number of fused-ring (bicyclic) bond motifs is 1. The molecule has 0 fully saturated rings. The number of non-ortho nitro benzene ring substituents is 1. The maximum atomic E-state index is 11.2. The van der Waals surface area contributed by atoms with Crippen molar-refractivity contribution >= 4 is 30.9 Å². The van der Waals surface area contributed by atoms with Crippen molar-refractivity contribution in [2.45, 2.75) is 25.7 Å². The van der Waals surface area contributed by atoms with Crippen LogP contribution in [-0.4, -0.2) is 35.9 Å². The molecule has 0 radical (unpaired) electrons. The molecule has 1 N–H and O–H groups in total. The summed E-state index contributed by atoms with van der Waals surface area (Å²) in [6.07, 6.45) is 2.75. The Morgan fingerprint density at radius 2 is 2.22 bits per heavy atom. The second kappa shape index (κ2) is 6.74. The van der Waals surface area contributed by atoms with Crippen molar-refractivity contribution in [3.05, 3.63) is 40.1 Å². The Balaban J connectivity index is 2.27. The van der Waals surface area contributed by atoms with Crippen LogP contribution in [0, 0.1) is 10.1 Å². The molecule has 122 valence electrons. The van der Waals surface area contributed by atoms with E-state index in [1.54, 1.807) is 12.1 Å². The molecule has 1 aromatic carbocycles. The number of nitro benzene ring substituents is 1. The highest BCUT2D eigenvalue weighted by Gasteiger charge is 2.18. The molecule has 0 aliphatic rings. The summed E-state index contributed by atoms with van der Waals surface area (Å²) in [4.78, 5) is 19.9. The molecular formula is C15H19N3O4Si. The molecule has 0 spiro atoms. The highest BCUT2D eigenvalue weighted by atomic mass is 28.3. The first kappa shape index (κ1) is 16.9. The van der Waals surface area contributed by atoms with Crippen molar-refractivity contribution in [3.63, 3.8) is 0 Å². The number of hydrogen-bond acceptors (Lipinski definition) is 6. The summed E-state index contributed by atoms with van der Waals surface area (Å²) in [5, 5.41) is 25.5. The number of aromatic hydroxyl groups is 1. The zero-order valence-electron chi connectivity index (χ0n) is 13.3. The lowest BCUT2D eigenvalue weighted by Crippen LogP contribution is -2.21. The molecule has 0 atom stereocenters. The molecule has 2 aromatic rings. The van der Waals surface area contributed by atoms with Crippen molar-refractivity contribution < 1.29 is 14.9 Å². The minimum Gasteiger partial charge on any atom is -0.505 e. The smallest absolute Gasteiger partial charge is 0.279 e. The number of hydrogen-bond donors (Lipinski definition) is 1. The first-order valence-electron chi connectivity index (χ1n) is 7.20. The van der Waals surface area contributed by atoms with E-state index in [2.05, 4.69) is 29.8 Å². The van der Waals surface area contributed by atoms with Crippen molar-refractivity contribution in [3.8, 4) is 5.75 Å². The number of nitrogens with zero attached hydrogens (tertiary/aromatic N) is 3. The third kappa shape index (κ3) is 4.25. The summed E-state index contributed by atoms with van der Waals surface area (Å²) in [5.41, 5.74) is 0.246. The fourth-order valence-electron chi connectivity index (χ4n) is 1.98. The fraction of sp³-hybridized carbons (Fsp3) is 0.333. The summed E-state index contributed by atoms with van der Waals surface area (Å²) >= 11 is 0. The van der Waals surface area contributed by atoms with Crippen molar-refractivity contribution in [1.82, 2.24) is 4.98 Å². The Bertz CT molecular complexity index is 756. The van der Waals surface area contributed by atoms with Gasteiger partial charge in [0.05, 0.1) is 16.5 Å². The number of phenolic OH excluding ortho intramolecular Hbond substituents is 1. The van der Waals surface area contributed by atoms with E-state index in [0.29, 0.717) is 6.61 Å². The molecule has 0 saturated carbocycles. The summed E-state index contributed by atoms with van der Waals surface area (Å²) in [5.74, 6) is -0.149. The average molecular weight is 333 g/mol. The van der Waals surface area contributed by atoms with Gasteiger partial charge in [-0.25, -0.2) is 0 Å². The minimum absolute atomic E-state index is 0.130. The van der Waals surface area contributed by atoms with Gasteiger partial charge in [-0.3, -0.25) is 15.1 Å². The molecule has 2 rings (SSSR count). The van der Waals surface area contributed by atoms with E-state index in [9.17, 15) is 15.2 Å². The Labute approximate surface area is 134 Å². The van der Waals surface area contributed by atoms with Gasteiger partial charge in [0.1, 0.15) is 12.1 Å². The minimum atomic E-state index is -1.21. The van der Waals surface area contributed by atoms with Crippen LogP contribution in [0.2, 0.25) is 25.7 Å². The number of oxime groups is 1. The van der Waals surface area contributed by atoms with Gasteiger partial charge in [0, 0.05) is 25.9 Å². The van der Waals surface area contributed by atoms with Gasteiger partial charge in [0.15, 0.2) is 5.75 Å². The summed E-state index contributed by atoms with van der Waals surface area (Å²) in [6.45, 7) is 7.17. The quantitative estimate of drug-likeness (QED) is 0.287. The lowest BCUT2D eigenvalue weighted by Gasteiger charge is -2.13. The summed E-state index contributed by atoms with van der Waals surface area (Å²) < 4.78 is 0. The molecule has 0 aliphatic heterocycles. The molecular weight excluding hydrogens is 314 g/mol. The van der Waals surface area contributed by atoms with E-state index in [1.807, 2.05) is 0 Å². The Morgan fingerprint density at radius 3 is 2.87 bits per heavy atom. The summed E-state index contributed by atoms with van der Waals surface area (Å²) in [6, 6.07) is 5.36. The first-order chi connectivity index (χ1) is 10.8. The maximum Gasteiger partial charge on any atom is 0.279 e. The third-order valence-corrected chi connectivity index (χ3v) is 4.98. The molecule has 1 aromatic heterocycles. The normalized spacial score (nSPS) is 12.0. The first-order valence-corrected chi connectivity index (χ1v) is 10.9. The van der Waals surface area contributed by atoms with E-state index < -0.39 is 13.0 Å². The molecule has 23 heavy (non-hydrogen) atoms. The Hall–Kier alpha value is -2.48. The van der Waals surface area contributed by atoms with Crippen LogP contribution in [0.25, 0.3) is 10.9 Å². The summed E-state index contributed by atoms with van der Waals surface area (Å²) in [7, 11) is -1.21. The van der Waals surface area contributed by atoms with Crippen LogP contribution >= 0.6 is 0 Å². The number of aromatic nitrogens is 1. The van der Waals surface area contributed by atoms with Crippen molar-refractivity contribution in [2.75, 3.05) is 6.61 Å². The van der Waals surface area contributed by atoms with Gasteiger partial charge in [0.25, 0.3) is 5.69 Å². The van der Waals surface area contributed by atoms with E-state index in [0.717, 1.165) is 6.04 Å². The van der Waals surface area contributed by atoms with Crippen molar-refractivity contribution in [1.29, 1.82) is 0 Å². The molecule has 0 amide bonds. The number of pyridine rings is 1. The van der Waals surface area contributed by atoms with Crippen LogP contribution in [0.5, 0.6) is 5.75 Å². The van der Waals surface area contributed by atoms with E-state index in [1.165, 1.54) is 18.5 Å². The van der Waals surface area contributed by atoms with E-state index >= 15 is 0 Å². The molecule has 7 nitrogen and oxygen atoms in total. The molecule has 0 saturated heterocycles. The van der Waals surface area contributed by atoms with Gasteiger partial charge in [0.2, 0.25) is 0 Å². The highest BCUT2D eigenvalue weighted by Crippen LogP contribution is 2.33. The molecule has 0 bridgehead atoms. The standard InChI is InChI=1S/C15H19N3O4Si/c1-23(2,3)8-7-22-17-10-11-9-13(18(20)21)12-5-4-6-16-14(12)15(11)19/h4-6,9-10,19H,7-8H2,1-3H3/b17-10+. The van der Waals surface area contributed by atoms with Gasteiger partial charge in [-0.2, -0.15) is 0 Å². The zero-order valence-corrected chi connectivity index (χ0v) is 14.3. The molecule has 0 aliphatic carbocycles. The molecule has 8 heteroatoms. The zero-order chi connectivity index (χ0) is 17.0. The monoisotopic (exact) mass is 333 g/mol. The topological polar surface area (TPSA) is 97.9 Å². The number of benzene rings is 1. The predicted octanol–water partition coefficient (Wildman–Crippen LogP) is 3.54. The fourth-order valence-corrected chi connectivity index (χ4v) is 2.68. The van der Waals surface area contributed by atoms with Crippen LogP contribution in [0.4, 0.5) is 5.69 Å². The van der Waals surface area contributed by atoms with Gasteiger partial charge >= 0.3 is 0 Å². The van der Waals surface area contributed by atoms with Crippen LogP contribution in [-0.2, 0) is 4.84 Å². The van der Waals surface area contributed by atoms with Gasteiger partial charge in [-0.1, -0.05) is 24.8 Å². The SMILES string of the molecule is C[Si](C)(C)CCO/N=C/c1cc([N+](=O)[O-])c2cccnc2c1O. The lowest BCUT2D eigenvalue weighted by molar-refractivity contribution is -0.383. The third-order valence-electron chi connectivity index (χ3n) is 3.28. The van der Waals surface area contributed by atoms with E-state index in [-0.39, 0.29) is 27.9 Å².